The zero-order valence-corrected chi connectivity index (χ0v) is 8.91. The maximum Gasteiger partial charge on any atom is 0.337 e. The van der Waals surface area contributed by atoms with Gasteiger partial charge < -0.3 is 4.74 Å². The average Bonchev–Trinajstić information content (AvgIpc) is 2.59. The van der Waals surface area contributed by atoms with Crippen LogP contribution in [0.2, 0.25) is 0 Å². The van der Waals surface area contributed by atoms with Crippen LogP contribution in [-0.4, -0.2) is 24.9 Å². The fourth-order valence-corrected chi connectivity index (χ4v) is 2.63. The van der Waals surface area contributed by atoms with E-state index in [9.17, 15) is 4.79 Å². The number of rotatable bonds is 1. The molecule has 0 fully saturated rings. The minimum absolute atomic E-state index is 0.289. The number of hydrogen-bond acceptors (Lipinski definition) is 3. The molecule has 2 rings (SSSR count). The van der Waals surface area contributed by atoms with Crippen LogP contribution in [0.3, 0.4) is 0 Å². The summed E-state index contributed by atoms with van der Waals surface area (Å²) < 4.78 is 4.66. The van der Waals surface area contributed by atoms with E-state index in [2.05, 4.69) is 16.0 Å². The zero-order valence-electron chi connectivity index (χ0n) is 8.02. The molecule has 0 bridgehead atoms. The van der Waals surface area contributed by atoms with E-state index in [0.717, 1.165) is 10.6 Å². The summed E-state index contributed by atoms with van der Waals surface area (Å²) in [7, 11) is 1.06. The molecular weight excluding hydrogens is 198 g/mol. The van der Waals surface area contributed by atoms with Crippen LogP contribution in [0.25, 0.3) is 0 Å². The second kappa shape index (κ2) is 3.46. The lowest BCUT2D eigenvalue weighted by Gasteiger charge is -2.07. The van der Waals surface area contributed by atoms with Gasteiger partial charge in [-0.15, -0.1) is 0 Å². The summed E-state index contributed by atoms with van der Waals surface area (Å²) in [6, 6.07) is 5.49. The molecule has 0 N–H and O–H groups in total. The highest BCUT2D eigenvalue weighted by Gasteiger charge is 2.14. The van der Waals surface area contributed by atoms with Gasteiger partial charge in [0.05, 0.1) is 18.4 Å². The molecule has 0 saturated carbocycles. The van der Waals surface area contributed by atoms with Gasteiger partial charge in [-0.3, -0.25) is 4.99 Å². The van der Waals surface area contributed by atoms with Crippen LogP contribution < -0.4 is 0 Å². The van der Waals surface area contributed by atoms with Gasteiger partial charge in [-0.05, 0) is 24.5 Å². The van der Waals surface area contributed by atoms with E-state index in [1.165, 1.54) is 7.11 Å². The van der Waals surface area contributed by atoms with Crippen molar-refractivity contribution in [2.24, 2.45) is 4.99 Å². The monoisotopic (exact) mass is 209 g/mol. The Labute approximate surface area is 85.1 Å². The molecule has 0 amide bonds. The molecule has 14 heavy (non-hydrogen) atoms. The maximum absolute atomic E-state index is 11.3. The molecule has 3 nitrogen and oxygen atoms in total. The van der Waals surface area contributed by atoms with Crippen LogP contribution in [-0.2, 0) is 4.74 Å². The number of esters is 1. The van der Waals surface area contributed by atoms with Gasteiger partial charge in [-0.1, -0.05) is 0 Å². The molecule has 1 aromatic rings. The minimum Gasteiger partial charge on any atom is -0.465 e. The molecule has 1 unspecified atom stereocenters. The molecule has 0 radical (unpaired) electrons. The van der Waals surface area contributed by atoms with Gasteiger partial charge in [0.25, 0.3) is 0 Å². The van der Waals surface area contributed by atoms with E-state index in [-0.39, 0.29) is 16.9 Å². The molecular formula is C10H11NO2S. The lowest BCUT2D eigenvalue weighted by atomic mass is 10.2. The van der Waals surface area contributed by atoms with Gasteiger partial charge in [0.1, 0.15) is 0 Å². The van der Waals surface area contributed by atoms with Crippen LogP contribution in [0.4, 0.5) is 5.69 Å². The number of ether oxygens (including phenoxy) is 1. The molecule has 0 saturated heterocycles. The highest BCUT2D eigenvalue weighted by Crippen LogP contribution is 2.43. The molecule has 1 atom stereocenters. The third-order valence-corrected chi connectivity index (χ3v) is 3.73. The minimum atomic E-state index is -0.326. The number of nitrogens with zero attached hydrogens (tertiary/aromatic N) is 1. The first kappa shape index (κ1) is 9.27. The first-order valence-electron chi connectivity index (χ1n) is 4.22. The fourth-order valence-electron chi connectivity index (χ4n) is 1.37. The van der Waals surface area contributed by atoms with Gasteiger partial charge >= 0.3 is 5.97 Å². The highest BCUT2D eigenvalue weighted by atomic mass is 32.2. The van der Waals surface area contributed by atoms with Crippen molar-refractivity contribution in [3.63, 3.8) is 0 Å². The number of hydrogen-bond donors (Lipinski definition) is 1. The van der Waals surface area contributed by atoms with Crippen LogP contribution in [0.1, 0.15) is 10.4 Å². The van der Waals surface area contributed by atoms with Crippen molar-refractivity contribution in [3.05, 3.63) is 23.8 Å². The molecule has 0 spiro atoms. The summed E-state index contributed by atoms with van der Waals surface area (Å²) in [5.74, 6) is -0.289. The first-order valence-corrected chi connectivity index (χ1v) is 6.07. The third kappa shape index (κ3) is 1.42. The predicted molar refractivity (Wildman–Crippen MR) is 59.1 cm³/mol. The molecule has 0 aromatic heterocycles. The van der Waals surface area contributed by atoms with Crippen molar-refractivity contribution >= 4 is 28.1 Å². The normalized spacial score (nSPS) is 20.6. The van der Waals surface area contributed by atoms with Crippen LogP contribution >= 0.6 is 10.9 Å². The largest absolute Gasteiger partial charge is 0.465 e. The quantitative estimate of drug-likeness (QED) is 0.568. The molecule has 74 valence electrons. The lowest BCUT2D eigenvalue weighted by molar-refractivity contribution is 0.0600. The Morgan fingerprint density at radius 2 is 2.29 bits per heavy atom. The summed E-state index contributed by atoms with van der Waals surface area (Å²) >= 11 is 0. The number of benzene rings is 1. The number of carbonyl (C=O) groups is 1. The van der Waals surface area contributed by atoms with E-state index in [1.807, 2.05) is 17.7 Å². The van der Waals surface area contributed by atoms with Gasteiger partial charge in [0.15, 0.2) is 0 Å². The number of aliphatic imine (C=N–C) groups is 1. The maximum atomic E-state index is 11.3. The summed E-state index contributed by atoms with van der Waals surface area (Å²) in [5, 5.41) is 0. The summed E-state index contributed by atoms with van der Waals surface area (Å²) in [6.45, 7) is 0. The van der Waals surface area contributed by atoms with Crippen molar-refractivity contribution in [1.82, 2.24) is 0 Å². The lowest BCUT2D eigenvalue weighted by Crippen LogP contribution is -2.00. The Morgan fingerprint density at radius 1 is 1.50 bits per heavy atom. The molecule has 1 heterocycles. The molecule has 1 aliphatic heterocycles. The zero-order chi connectivity index (χ0) is 10.1. The number of fused-ring (bicyclic) bond motifs is 1. The Bertz CT molecular complexity index is 415. The summed E-state index contributed by atoms with van der Waals surface area (Å²) in [6.07, 6.45) is 2.12. The second-order valence-corrected chi connectivity index (χ2v) is 4.99. The Morgan fingerprint density at radius 3 is 3.00 bits per heavy atom. The van der Waals surface area contributed by atoms with Crippen molar-refractivity contribution in [1.29, 1.82) is 0 Å². The highest BCUT2D eigenvalue weighted by molar-refractivity contribution is 8.28. The molecule has 1 aromatic carbocycles. The smallest absolute Gasteiger partial charge is 0.337 e. The first-order chi connectivity index (χ1) is 6.72. The summed E-state index contributed by atoms with van der Waals surface area (Å²) in [4.78, 5) is 16.7. The predicted octanol–water partition coefficient (Wildman–Crippen LogP) is 2.14. The standard InChI is InChI=1S/C10H11NO2S/c1-13-10(12)7-3-4-8-9(5-7)14(2)6-11-8/h3-6,14H,1-2H3. The topological polar surface area (TPSA) is 38.7 Å². The van der Waals surface area contributed by atoms with Gasteiger partial charge in [0.2, 0.25) is 0 Å². The molecule has 4 heteroatoms. The third-order valence-electron chi connectivity index (χ3n) is 2.15. The van der Waals surface area contributed by atoms with E-state index >= 15 is 0 Å². The Kier molecular flexibility index (Phi) is 2.29. The number of methoxy groups -OCH3 is 1. The van der Waals surface area contributed by atoms with Gasteiger partial charge in [0, 0.05) is 10.4 Å². The van der Waals surface area contributed by atoms with Crippen molar-refractivity contribution in [3.8, 4) is 0 Å². The van der Waals surface area contributed by atoms with Gasteiger partial charge in [-0.2, -0.15) is 10.9 Å². The van der Waals surface area contributed by atoms with E-state index < -0.39 is 0 Å². The van der Waals surface area contributed by atoms with Crippen molar-refractivity contribution in [2.45, 2.75) is 4.90 Å². The Balaban J connectivity index is 2.42. The van der Waals surface area contributed by atoms with Gasteiger partial charge in [-0.25, -0.2) is 4.79 Å². The van der Waals surface area contributed by atoms with Crippen LogP contribution in [0.15, 0.2) is 28.1 Å². The van der Waals surface area contributed by atoms with Crippen molar-refractivity contribution < 1.29 is 9.53 Å². The van der Waals surface area contributed by atoms with Crippen LogP contribution in [0.5, 0.6) is 0 Å². The van der Waals surface area contributed by atoms with Crippen molar-refractivity contribution in [2.75, 3.05) is 13.4 Å². The average molecular weight is 209 g/mol. The van der Waals surface area contributed by atoms with E-state index in [1.54, 1.807) is 6.07 Å². The second-order valence-electron chi connectivity index (χ2n) is 3.05. The van der Waals surface area contributed by atoms with Crippen LogP contribution in [0, 0.1) is 0 Å². The summed E-state index contributed by atoms with van der Waals surface area (Å²) in [5.41, 5.74) is 3.53. The molecule has 0 aliphatic carbocycles. The SMILES string of the molecule is COC(=O)c1ccc2c(c1)[SH](C)C=N2. The fraction of sp³-hybridized carbons (Fsp3) is 0.200. The van der Waals surface area contributed by atoms with E-state index in [0.29, 0.717) is 5.56 Å². The number of carbonyl (C=O) groups excluding carboxylic acids is 1. The Hall–Kier alpha value is -1.29. The van der Waals surface area contributed by atoms with E-state index in [4.69, 9.17) is 0 Å². The molecule has 1 aliphatic rings. The number of thiol groups is 1.